The molecule has 7 heteroatoms. The van der Waals surface area contributed by atoms with Crippen LogP contribution >= 0.6 is 0 Å². The topological polar surface area (TPSA) is 69.0 Å². The van der Waals surface area contributed by atoms with Gasteiger partial charge < -0.3 is 13.9 Å². The predicted molar refractivity (Wildman–Crippen MR) is 150 cm³/mol. The molecule has 3 aromatic carbocycles. The summed E-state index contributed by atoms with van der Waals surface area (Å²) in [4.78, 5) is 29.3. The Balaban J connectivity index is 1.70. The number of rotatable bonds is 8. The van der Waals surface area contributed by atoms with E-state index in [9.17, 15) is 14.0 Å². The molecule has 0 radical (unpaired) electrons. The zero-order chi connectivity index (χ0) is 27.8. The number of amides is 1. The van der Waals surface area contributed by atoms with Crippen LogP contribution in [0, 0.1) is 25.6 Å². The van der Waals surface area contributed by atoms with E-state index in [-0.39, 0.29) is 22.3 Å². The third-order valence-electron chi connectivity index (χ3n) is 7.14. The quantitative estimate of drug-likeness (QED) is 0.243. The first-order chi connectivity index (χ1) is 18.7. The lowest BCUT2D eigenvalue weighted by atomic mass is 9.97. The van der Waals surface area contributed by atoms with Gasteiger partial charge in [0.1, 0.15) is 11.4 Å². The smallest absolute Gasteiger partial charge is 0.295 e. The Labute approximate surface area is 227 Å². The number of hydrogen-bond acceptors (Lipinski definition) is 5. The van der Waals surface area contributed by atoms with E-state index in [1.165, 1.54) is 12.1 Å². The molecule has 2 heterocycles. The van der Waals surface area contributed by atoms with Crippen LogP contribution in [-0.2, 0) is 0 Å². The molecule has 5 rings (SSSR count). The summed E-state index contributed by atoms with van der Waals surface area (Å²) in [5.74, 6) is 0.579. The van der Waals surface area contributed by atoms with Gasteiger partial charge in [0.25, 0.3) is 5.91 Å². The number of hydrogen-bond donors (Lipinski definition) is 0. The van der Waals surface area contributed by atoms with Gasteiger partial charge >= 0.3 is 0 Å². The summed E-state index contributed by atoms with van der Waals surface area (Å²) in [5, 5.41) is 0.0900. The van der Waals surface area contributed by atoms with E-state index in [1.807, 2.05) is 57.2 Å². The van der Waals surface area contributed by atoms with Gasteiger partial charge in [-0.2, -0.15) is 0 Å². The highest BCUT2D eigenvalue weighted by molar-refractivity contribution is 6.10. The summed E-state index contributed by atoms with van der Waals surface area (Å²) < 4.78 is 32.0. The first-order valence-electron chi connectivity index (χ1n) is 13.3. The zero-order valence-corrected chi connectivity index (χ0v) is 22.8. The minimum atomic E-state index is -0.803. The number of anilines is 1. The highest BCUT2D eigenvalue weighted by atomic mass is 19.1. The Bertz CT molecular complexity index is 1620. The number of halogens is 1. The number of nitrogens with zero attached hydrogens (tertiary/aromatic N) is 1. The van der Waals surface area contributed by atoms with Crippen LogP contribution in [0.2, 0.25) is 0 Å². The van der Waals surface area contributed by atoms with Crippen molar-refractivity contribution in [1.29, 1.82) is 0 Å². The summed E-state index contributed by atoms with van der Waals surface area (Å²) in [6, 6.07) is 14.1. The summed E-state index contributed by atoms with van der Waals surface area (Å²) in [6.07, 6.45) is 0.892. The number of carbonyl (C=O) groups excluding carboxylic acids is 1. The van der Waals surface area contributed by atoms with Crippen molar-refractivity contribution in [1.82, 2.24) is 0 Å². The molecule has 1 atom stereocenters. The molecule has 1 aliphatic rings. The second-order valence-electron chi connectivity index (χ2n) is 10.3. The lowest BCUT2D eigenvalue weighted by molar-refractivity contribution is 0.0971. The van der Waals surface area contributed by atoms with Crippen molar-refractivity contribution in [3.63, 3.8) is 0 Å². The molecule has 4 aromatic rings. The highest BCUT2D eigenvalue weighted by Gasteiger charge is 2.44. The number of fused-ring (bicyclic) bond motifs is 2. The van der Waals surface area contributed by atoms with Crippen molar-refractivity contribution >= 4 is 22.6 Å². The van der Waals surface area contributed by atoms with Crippen LogP contribution in [0.5, 0.6) is 11.5 Å². The van der Waals surface area contributed by atoms with Gasteiger partial charge in [0, 0.05) is 5.69 Å². The van der Waals surface area contributed by atoms with Gasteiger partial charge in [0.2, 0.25) is 5.76 Å². The van der Waals surface area contributed by atoms with E-state index >= 15 is 0 Å². The van der Waals surface area contributed by atoms with Gasteiger partial charge in [-0.1, -0.05) is 26.0 Å². The van der Waals surface area contributed by atoms with Crippen LogP contribution < -0.4 is 19.8 Å². The van der Waals surface area contributed by atoms with E-state index in [0.717, 1.165) is 23.6 Å². The van der Waals surface area contributed by atoms with Crippen molar-refractivity contribution in [2.45, 2.75) is 47.1 Å². The Morgan fingerprint density at radius 2 is 1.74 bits per heavy atom. The monoisotopic (exact) mass is 529 g/mol. The Morgan fingerprint density at radius 3 is 2.46 bits per heavy atom. The average Bonchev–Trinajstić information content (AvgIpc) is 3.19. The molecule has 0 fully saturated rings. The molecule has 0 saturated carbocycles. The largest absolute Gasteiger partial charge is 0.490 e. The molecule has 0 spiro atoms. The second kappa shape index (κ2) is 10.6. The Hall–Kier alpha value is -4.13. The van der Waals surface area contributed by atoms with Gasteiger partial charge in [-0.05, 0) is 92.3 Å². The van der Waals surface area contributed by atoms with Crippen molar-refractivity contribution in [2.24, 2.45) is 5.92 Å². The van der Waals surface area contributed by atoms with Crippen LogP contribution in [0.4, 0.5) is 10.1 Å². The third kappa shape index (κ3) is 4.89. The predicted octanol–water partition coefficient (Wildman–Crippen LogP) is 7.12. The highest BCUT2D eigenvalue weighted by Crippen LogP contribution is 2.43. The van der Waals surface area contributed by atoms with Gasteiger partial charge in [0.15, 0.2) is 16.9 Å². The summed E-state index contributed by atoms with van der Waals surface area (Å²) in [7, 11) is 0. The molecule has 0 bridgehead atoms. The number of aryl methyl sites for hydroxylation is 2. The molecule has 0 N–H and O–H groups in total. The molecule has 202 valence electrons. The molecule has 1 unspecified atom stereocenters. The second-order valence-corrected chi connectivity index (χ2v) is 10.3. The Morgan fingerprint density at radius 1 is 0.949 bits per heavy atom. The van der Waals surface area contributed by atoms with Crippen LogP contribution in [0.1, 0.15) is 66.0 Å². The van der Waals surface area contributed by atoms with E-state index in [2.05, 4.69) is 13.8 Å². The fourth-order valence-corrected chi connectivity index (χ4v) is 4.89. The lowest BCUT2D eigenvalue weighted by Crippen LogP contribution is -2.29. The molecule has 0 aliphatic carbocycles. The molecular weight excluding hydrogens is 497 g/mol. The third-order valence-corrected chi connectivity index (χ3v) is 7.14. The molecule has 39 heavy (non-hydrogen) atoms. The van der Waals surface area contributed by atoms with Gasteiger partial charge in [0.05, 0.1) is 30.2 Å². The standard InChI is InChI=1S/C32H32FNO5/c1-6-37-27-16-21(8-11-26(27)38-14-13-18(2)3)29-28-30(35)24-17-22(33)9-12-25(24)39-31(28)32(36)34(29)23-10-7-19(4)20(5)15-23/h7-12,15-18,29H,6,13-14H2,1-5H3. The van der Waals surface area contributed by atoms with Crippen molar-refractivity contribution < 1.29 is 23.1 Å². The average molecular weight is 530 g/mol. The molecule has 6 nitrogen and oxygen atoms in total. The fraction of sp³-hybridized carbons (Fsp3) is 0.312. The summed E-state index contributed by atoms with van der Waals surface area (Å²) in [5.41, 5.74) is 3.27. The number of carbonyl (C=O) groups is 1. The van der Waals surface area contributed by atoms with Crippen molar-refractivity contribution in [2.75, 3.05) is 18.1 Å². The summed E-state index contributed by atoms with van der Waals surface area (Å²) >= 11 is 0. The van der Waals surface area contributed by atoms with Gasteiger partial charge in [-0.15, -0.1) is 0 Å². The number of ether oxygens (including phenoxy) is 2. The maximum absolute atomic E-state index is 14.1. The molecule has 1 amide bonds. The van der Waals surface area contributed by atoms with Crippen LogP contribution in [0.25, 0.3) is 11.0 Å². The van der Waals surface area contributed by atoms with Crippen LogP contribution in [-0.4, -0.2) is 19.1 Å². The van der Waals surface area contributed by atoms with Crippen molar-refractivity contribution in [3.05, 3.63) is 98.7 Å². The first-order valence-corrected chi connectivity index (χ1v) is 13.3. The SMILES string of the molecule is CCOc1cc(C2c3c(oc4ccc(F)cc4c3=O)C(=O)N2c2ccc(C)c(C)c2)ccc1OCCC(C)C. The molecular formula is C32H32FNO5. The summed E-state index contributed by atoms with van der Waals surface area (Å²) in [6.45, 7) is 11.1. The van der Waals surface area contributed by atoms with E-state index in [0.29, 0.717) is 41.9 Å². The van der Waals surface area contributed by atoms with E-state index in [1.54, 1.807) is 4.90 Å². The van der Waals surface area contributed by atoms with Crippen LogP contribution in [0.15, 0.2) is 63.8 Å². The normalized spacial score (nSPS) is 14.8. The van der Waals surface area contributed by atoms with E-state index in [4.69, 9.17) is 13.9 Å². The fourth-order valence-electron chi connectivity index (χ4n) is 4.89. The number of benzene rings is 3. The Kier molecular flexibility index (Phi) is 7.17. The molecule has 1 aromatic heterocycles. The van der Waals surface area contributed by atoms with E-state index < -0.39 is 23.2 Å². The minimum absolute atomic E-state index is 0.0439. The first kappa shape index (κ1) is 26.5. The van der Waals surface area contributed by atoms with Gasteiger partial charge in [-0.25, -0.2) is 4.39 Å². The minimum Gasteiger partial charge on any atom is -0.490 e. The van der Waals surface area contributed by atoms with Gasteiger partial charge in [-0.3, -0.25) is 14.5 Å². The van der Waals surface area contributed by atoms with Crippen molar-refractivity contribution in [3.8, 4) is 11.5 Å². The molecule has 1 aliphatic heterocycles. The maximum atomic E-state index is 14.1. The maximum Gasteiger partial charge on any atom is 0.295 e. The lowest BCUT2D eigenvalue weighted by Gasteiger charge is -2.26. The zero-order valence-electron chi connectivity index (χ0n) is 22.8. The molecule has 0 saturated heterocycles. The van der Waals surface area contributed by atoms with Crippen LogP contribution in [0.3, 0.4) is 0 Å².